The molecule has 3 aromatic carbocycles. The third kappa shape index (κ3) is 6.48. The van der Waals surface area contributed by atoms with Crippen molar-refractivity contribution < 1.29 is 4.79 Å². The van der Waals surface area contributed by atoms with Crippen LogP contribution in [0.5, 0.6) is 0 Å². The van der Waals surface area contributed by atoms with Crippen molar-refractivity contribution >= 4 is 79.1 Å². The third-order valence-corrected chi connectivity index (χ3v) is 8.59. The van der Waals surface area contributed by atoms with Gasteiger partial charge in [0.1, 0.15) is 0 Å². The van der Waals surface area contributed by atoms with E-state index < -0.39 is 0 Å². The topological polar surface area (TPSA) is 108 Å². The van der Waals surface area contributed by atoms with Gasteiger partial charge >= 0.3 is 0 Å². The van der Waals surface area contributed by atoms with Crippen LogP contribution in [0.1, 0.15) is 25.8 Å². The molecule has 0 atom stereocenters. The molecule has 5 aromatic rings. The predicted molar refractivity (Wildman–Crippen MR) is 156 cm³/mol. The number of thioether (sulfide) groups is 2. The minimum Gasteiger partial charge on any atom is -0.325 e. The summed E-state index contributed by atoms with van der Waals surface area (Å²) in [6.07, 6.45) is 1.11. The summed E-state index contributed by atoms with van der Waals surface area (Å²) in [5, 5.41) is 17.1. The Labute approximate surface area is 226 Å². The normalized spacial score (nSPS) is 11.8. The molecule has 2 aromatic heterocycles. The number of hydrogen-bond acceptors (Lipinski definition) is 9. The second-order valence-electron chi connectivity index (χ2n) is 8.19. The van der Waals surface area contributed by atoms with Crippen molar-refractivity contribution in [3.05, 3.63) is 66.2 Å². The highest BCUT2D eigenvalue weighted by molar-refractivity contribution is 8.01. The Bertz CT molecular complexity index is 1580. The number of anilines is 2. The smallest absolute Gasteiger partial charge is 0.240 e. The van der Waals surface area contributed by atoms with Crippen LogP contribution in [0.3, 0.4) is 0 Å². The maximum atomic E-state index is 12.5. The first-order valence-corrected chi connectivity index (χ1v) is 14.5. The second kappa shape index (κ2) is 11.8. The van der Waals surface area contributed by atoms with Gasteiger partial charge in [0.2, 0.25) is 17.0 Å². The Morgan fingerprint density at radius 1 is 1.05 bits per heavy atom. The second-order valence-corrected chi connectivity index (χ2v) is 11.5. The molecule has 0 radical (unpaired) electrons. The number of thiazole rings is 1. The number of nitrogens with zero attached hydrogens (tertiary/aromatic N) is 4. The molecule has 188 valence electrons. The summed E-state index contributed by atoms with van der Waals surface area (Å²) in [7, 11) is 0. The average Bonchev–Trinajstić information content (AvgIpc) is 3.55. The van der Waals surface area contributed by atoms with Crippen LogP contribution >= 0.6 is 34.9 Å². The molecule has 8 nitrogen and oxygen atoms in total. The first-order valence-electron chi connectivity index (χ1n) is 11.8. The molecule has 0 saturated heterocycles. The van der Waals surface area contributed by atoms with Gasteiger partial charge in [-0.15, -0.1) is 16.4 Å². The summed E-state index contributed by atoms with van der Waals surface area (Å²) in [6.45, 7) is 4.09. The predicted octanol–water partition coefficient (Wildman–Crippen LogP) is 6.64. The van der Waals surface area contributed by atoms with Gasteiger partial charge in [0.25, 0.3) is 0 Å². The number of fused-ring (bicyclic) bond motifs is 2. The molecule has 37 heavy (non-hydrogen) atoms. The van der Waals surface area contributed by atoms with Crippen molar-refractivity contribution in [3.8, 4) is 0 Å². The van der Waals surface area contributed by atoms with Crippen LogP contribution < -0.4 is 10.7 Å². The van der Waals surface area contributed by atoms with Crippen LogP contribution in [0.25, 0.3) is 21.0 Å². The highest BCUT2D eigenvalue weighted by Crippen LogP contribution is 2.31. The number of H-pyrrole nitrogens is 1. The average molecular weight is 548 g/mol. The van der Waals surface area contributed by atoms with Crippen LogP contribution in [-0.4, -0.2) is 43.3 Å². The fourth-order valence-corrected chi connectivity index (χ4v) is 6.17. The molecule has 0 spiro atoms. The van der Waals surface area contributed by atoms with Crippen molar-refractivity contribution in [2.45, 2.75) is 29.8 Å². The number of carbonyl (C=O) groups is 1. The van der Waals surface area contributed by atoms with Gasteiger partial charge in [0.05, 0.1) is 21.7 Å². The molecule has 0 aliphatic rings. The van der Waals surface area contributed by atoms with E-state index in [0.717, 1.165) is 49.1 Å². The number of aromatic amines is 1. The van der Waals surface area contributed by atoms with E-state index in [1.165, 1.54) is 17.1 Å². The van der Waals surface area contributed by atoms with Crippen molar-refractivity contribution in [3.63, 3.8) is 0 Å². The lowest BCUT2D eigenvalue weighted by molar-refractivity contribution is -0.113. The monoisotopic (exact) mass is 547 g/mol. The molecule has 11 heteroatoms. The molecule has 3 N–H and O–H groups in total. The first kappa shape index (κ1) is 25.2. The van der Waals surface area contributed by atoms with Crippen LogP contribution in [0.2, 0.25) is 0 Å². The van der Waals surface area contributed by atoms with E-state index in [4.69, 9.17) is 0 Å². The van der Waals surface area contributed by atoms with E-state index in [0.29, 0.717) is 11.1 Å². The van der Waals surface area contributed by atoms with Crippen LogP contribution in [0.15, 0.2) is 75.3 Å². The van der Waals surface area contributed by atoms with Gasteiger partial charge in [-0.1, -0.05) is 66.8 Å². The molecular weight excluding hydrogens is 523 g/mol. The number of aromatic nitrogens is 4. The summed E-state index contributed by atoms with van der Waals surface area (Å²) in [6, 6.07) is 20.2. The van der Waals surface area contributed by atoms with Gasteiger partial charge < -0.3 is 5.32 Å². The van der Waals surface area contributed by atoms with E-state index in [1.807, 2.05) is 43.3 Å². The van der Waals surface area contributed by atoms with Crippen LogP contribution in [0.4, 0.5) is 11.6 Å². The van der Waals surface area contributed by atoms with Crippen molar-refractivity contribution in [1.29, 1.82) is 0 Å². The summed E-state index contributed by atoms with van der Waals surface area (Å²) in [4.78, 5) is 21.5. The lowest BCUT2D eigenvalue weighted by atomic mass is 10.0. The van der Waals surface area contributed by atoms with Gasteiger partial charge in [-0.25, -0.2) is 15.5 Å². The Balaban J connectivity index is 1.13. The summed E-state index contributed by atoms with van der Waals surface area (Å²) < 4.78 is 2.12. The standard InChI is InChI=1S/C26H25N7OS3/c1-3-12-35-26-28-21-11-10-20(14-22(21)37-26)27-23(34)15-36-25-29-24(32-33-25)31-30-16(2)18-9-8-17-6-4-5-7-19(17)13-18/h4-11,13-14H,3,12,15H2,1-2H3,(H,27,34)(H2,29,31,32,33)/b30-16+. The molecule has 2 heterocycles. The molecule has 0 aliphatic carbocycles. The number of benzene rings is 3. The lowest BCUT2D eigenvalue weighted by Gasteiger charge is -2.04. The van der Waals surface area contributed by atoms with Gasteiger partial charge in [-0.2, -0.15) is 10.1 Å². The zero-order chi connectivity index (χ0) is 25.6. The highest BCUT2D eigenvalue weighted by Gasteiger charge is 2.10. The summed E-state index contributed by atoms with van der Waals surface area (Å²) in [5.74, 6) is 1.53. The van der Waals surface area contributed by atoms with E-state index in [1.54, 1.807) is 23.1 Å². The molecular formula is C26H25N7OS3. The maximum Gasteiger partial charge on any atom is 0.240 e. The van der Waals surface area contributed by atoms with E-state index in [2.05, 4.69) is 67.2 Å². The minimum atomic E-state index is -0.126. The number of hydrogen-bond donors (Lipinski definition) is 3. The maximum absolute atomic E-state index is 12.5. The van der Waals surface area contributed by atoms with Crippen LogP contribution in [-0.2, 0) is 4.79 Å². The van der Waals surface area contributed by atoms with E-state index in [9.17, 15) is 4.79 Å². The van der Waals surface area contributed by atoms with Gasteiger partial charge in [0.15, 0.2) is 4.34 Å². The van der Waals surface area contributed by atoms with E-state index >= 15 is 0 Å². The summed E-state index contributed by atoms with van der Waals surface area (Å²) >= 11 is 4.67. The first-order chi connectivity index (χ1) is 18.1. The van der Waals surface area contributed by atoms with Gasteiger partial charge in [0, 0.05) is 11.4 Å². The summed E-state index contributed by atoms with van der Waals surface area (Å²) in [5.41, 5.74) is 6.46. The van der Waals surface area contributed by atoms with Gasteiger partial charge in [-0.05, 0) is 53.9 Å². The third-order valence-electron chi connectivity index (χ3n) is 5.38. The molecule has 0 aliphatic heterocycles. The minimum absolute atomic E-state index is 0.126. The Morgan fingerprint density at radius 2 is 1.92 bits per heavy atom. The van der Waals surface area contributed by atoms with Gasteiger partial charge in [-0.3, -0.25) is 4.79 Å². The Hall–Kier alpha value is -3.41. The lowest BCUT2D eigenvalue weighted by Crippen LogP contribution is -2.14. The number of nitrogens with one attached hydrogen (secondary N) is 3. The SMILES string of the molecule is CCCSc1nc2ccc(NC(=O)CSc3n[nH]c(N/N=C(\C)c4ccc5ccccc5c4)n3)cc2s1. The molecule has 1 amide bonds. The molecule has 0 unspecified atom stereocenters. The Kier molecular flexibility index (Phi) is 8.02. The molecule has 0 saturated carbocycles. The van der Waals surface area contributed by atoms with Crippen molar-refractivity contribution in [1.82, 2.24) is 20.2 Å². The van der Waals surface area contributed by atoms with Crippen molar-refractivity contribution in [2.75, 3.05) is 22.2 Å². The fraction of sp³-hybridized carbons (Fsp3) is 0.192. The number of carbonyl (C=O) groups excluding carboxylic acids is 1. The highest BCUT2D eigenvalue weighted by atomic mass is 32.2. The Morgan fingerprint density at radius 3 is 2.78 bits per heavy atom. The zero-order valence-corrected chi connectivity index (χ0v) is 22.8. The number of rotatable bonds is 10. The molecule has 5 rings (SSSR count). The van der Waals surface area contributed by atoms with E-state index in [-0.39, 0.29) is 11.7 Å². The fourth-order valence-electron chi connectivity index (χ4n) is 3.54. The van der Waals surface area contributed by atoms with Crippen molar-refractivity contribution in [2.24, 2.45) is 5.10 Å². The number of amides is 1. The van der Waals surface area contributed by atoms with Crippen LogP contribution in [0, 0.1) is 0 Å². The zero-order valence-electron chi connectivity index (χ0n) is 20.3. The number of hydrazone groups is 1. The largest absolute Gasteiger partial charge is 0.325 e. The molecule has 0 fully saturated rings. The molecule has 0 bridgehead atoms. The quantitative estimate of drug-likeness (QED) is 0.102.